The van der Waals surface area contributed by atoms with Crippen molar-refractivity contribution in [1.82, 2.24) is 25.0 Å². The van der Waals surface area contributed by atoms with Crippen molar-refractivity contribution >= 4 is 51.5 Å². The molecule has 136 valence electrons. The van der Waals surface area contributed by atoms with Crippen molar-refractivity contribution in [2.45, 2.75) is 13.5 Å². The van der Waals surface area contributed by atoms with Crippen LogP contribution in [0, 0.1) is 0 Å². The van der Waals surface area contributed by atoms with Crippen molar-refractivity contribution in [3.63, 3.8) is 0 Å². The fourth-order valence-corrected chi connectivity index (χ4v) is 3.97. The molecule has 3 rings (SSSR count). The number of nitrogens with zero attached hydrogens (tertiary/aromatic N) is 5. The summed E-state index contributed by atoms with van der Waals surface area (Å²) in [5.41, 5.74) is 2.29. The number of benzene rings is 1. The molecule has 0 aliphatic carbocycles. The Hall–Kier alpha value is -1.76. The minimum atomic E-state index is -2.58. The van der Waals surface area contributed by atoms with Gasteiger partial charge >= 0.3 is 0 Å². The Morgan fingerprint density at radius 3 is 2.73 bits per heavy atom. The quantitative estimate of drug-likeness (QED) is 0.459. The molecule has 0 aliphatic rings. The molecule has 0 fully saturated rings. The second-order valence-corrected chi connectivity index (χ2v) is 10.3. The van der Waals surface area contributed by atoms with Gasteiger partial charge in [-0.1, -0.05) is 6.07 Å². The molecule has 0 bridgehead atoms. The van der Waals surface area contributed by atoms with Gasteiger partial charge in [0.05, 0.1) is 22.9 Å². The molecule has 7 nitrogen and oxygen atoms in total. The first-order valence-electron chi connectivity index (χ1n) is 7.83. The zero-order valence-corrected chi connectivity index (χ0v) is 17.7. The van der Waals surface area contributed by atoms with Gasteiger partial charge in [-0.3, -0.25) is 0 Å². The van der Waals surface area contributed by atoms with Crippen LogP contribution in [0.1, 0.15) is 6.92 Å². The van der Waals surface area contributed by atoms with E-state index in [-0.39, 0.29) is 5.28 Å². The molecule has 3 aromatic rings. The fourth-order valence-electron chi connectivity index (χ4n) is 2.38. The molecule has 0 amide bonds. The van der Waals surface area contributed by atoms with E-state index in [1.807, 2.05) is 25.1 Å². The van der Waals surface area contributed by atoms with Crippen LogP contribution < -0.4 is 10.6 Å². The highest BCUT2D eigenvalue weighted by atomic mass is 79.9. The third-order valence-corrected chi connectivity index (χ3v) is 5.95. The van der Waals surface area contributed by atoms with Crippen LogP contribution >= 0.6 is 34.7 Å². The van der Waals surface area contributed by atoms with E-state index >= 15 is 0 Å². The van der Waals surface area contributed by atoms with E-state index < -0.39 is 7.14 Å². The number of aryl methyl sites for hydroxylation is 1. The minimum absolute atomic E-state index is 0.126. The van der Waals surface area contributed by atoms with Gasteiger partial charge in [-0.2, -0.15) is 20.0 Å². The van der Waals surface area contributed by atoms with Gasteiger partial charge < -0.3 is 9.88 Å². The van der Waals surface area contributed by atoms with Crippen molar-refractivity contribution in [3.05, 3.63) is 40.3 Å². The van der Waals surface area contributed by atoms with Crippen molar-refractivity contribution in [1.29, 1.82) is 0 Å². The molecule has 0 aliphatic heterocycles. The van der Waals surface area contributed by atoms with Crippen molar-refractivity contribution in [2.24, 2.45) is 0 Å². The van der Waals surface area contributed by atoms with Crippen LogP contribution in [0.15, 0.2) is 35.1 Å². The number of hydrogen-bond acceptors (Lipinski definition) is 6. The van der Waals surface area contributed by atoms with E-state index in [9.17, 15) is 4.57 Å². The maximum atomic E-state index is 12.9. The van der Waals surface area contributed by atoms with Crippen LogP contribution in [0.4, 0.5) is 11.5 Å². The number of hydrogen-bond donors (Lipinski definition) is 1. The second kappa shape index (κ2) is 7.47. The van der Waals surface area contributed by atoms with E-state index in [2.05, 4.69) is 41.4 Å². The highest BCUT2D eigenvalue weighted by Crippen LogP contribution is 2.40. The second-order valence-electron chi connectivity index (χ2n) is 5.96. The predicted molar refractivity (Wildman–Crippen MR) is 108 cm³/mol. The molecule has 1 N–H and O–H groups in total. The molecular formula is C16H17BrClN6OP. The summed E-state index contributed by atoms with van der Waals surface area (Å²) in [7, 11) is -2.58. The molecule has 10 heteroatoms. The highest BCUT2D eigenvalue weighted by Gasteiger charge is 2.19. The zero-order chi connectivity index (χ0) is 18.9. The Bertz CT molecular complexity index is 1000. The average molecular weight is 456 g/mol. The van der Waals surface area contributed by atoms with E-state index in [4.69, 9.17) is 11.6 Å². The Balaban J connectivity index is 2.05. The maximum Gasteiger partial charge on any atom is 0.224 e. The van der Waals surface area contributed by atoms with Crippen LogP contribution in [-0.2, 0) is 11.1 Å². The summed E-state index contributed by atoms with van der Waals surface area (Å²) in [6.07, 6.45) is 3.26. The lowest BCUT2D eigenvalue weighted by molar-refractivity contribution is 0.571. The number of aromatic nitrogens is 5. The van der Waals surface area contributed by atoms with Gasteiger partial charge in [0.2, 0.25) is 5.28 Å². The van der Waals surface area contributed by atoms with E-state index in [0.717, 1.165) is 11.3 Å². The molecule has 2 heterocycles. The first-order chi connectivity index (χ1) is 12.3. The number of rotatable bonds is 5. The molecule has 1 aromatic carbocycles. The summed E-state index contributed by atoms with van der Waals surface area (Å²) in [5.74, 6) is 0.504. The zero-order valence-electron chi connectivity index (χ0n) is 14.4. The van der Waals surface area contributed by atoms with E-state index in [0.29, 0.717) is 27.8 Å². The van der Waals surface area contributed by atoms with Crippen molar-refractivity contribution < 1.29 is 4.57 Å². The number of halogens is 2. The molecule has 0 saturated carbocycles. The first-order valence-corrected chi connectivity index (χ1v) is 11.6. The molecule has 0 spiro atoms. The largest absolute Gasteiger partial charge is 0.339 e. The van der Waals surface area contributed by atoms with Gasteiger partial charge in [0.1, 0.15) is 18.7 Å². The van der Waals surface area contributed by atoms with E-state index in [1.165, 1.54) is 0 Å². The lowest BCUT2D eigenvalue weighted by Crippen LogP contribution is -2.11. The Morgan fingerprint density at radius 1 is 1.31 bits per heavy atom. The van der Waals surface area contributed by atoms with Gasteiger partial charge in [0, 0.05) is 17.1 Å². The summed E-state index contributed by atoms with van der Waals surface area (Å²) in [5, 5.41) is 12.6. The van der Waals surface area contributed by atoms with Gasteiger partial charge in [0.15, 0.2) is 0 Å². The Morgan fingerprint density at radius 2 is 2.08 bits per heavy atom. The third-order valence-electron chi connectivity index (χ3n) is 3.66. The standard InChI is InChI=1S/C16H17BrClN6OP/c1-4-24-20-9-13(23-24)10-5-6-12(14(7-10)26(2,3)25)21-15-11(17)8-19-16(18)22-15/h5-9H,4H2,1-3H3,(H,19,21,22). The lowest BCUT2D eigenvalue weighted by Gasteiger charge is -2.16. The molecule has 0 atom stereocenters. The Labute approximate surface area is 164 Å². The van der Waals surface area contributed by atoms with Crippen molar-refractivity contribution in [3.8, 4) is 11.3 Å². The maximum absolute atomic E-state index is 12.9. The normalized spacial score (nSPS) is 11.6. The van der Waals surface area contributed by atoms with Crippen LogP contribution in [-0.4, -0.2) is 38.3 Å². The summed E-state index contributed by atoms with van der Waals surface area (Å²) < 4.78 is 13.5. The third kappa shape index (κ3) is 4.14. The predicted octanol–water partition coefficient (Wildman–Crippen LogP) is 4.16. The smallest absolute Gasteiger partial charge is 0.224 e. The highest BCUT2D eigenvalue weighted by molar-refractivity contribution is 9.10. The lowest BCUT2D eigenvalue weighted by atomic mass is 10.1. The van der Waals surface area contributed by atoms with Gasteiger partial charge in [0.25, 0.3) is 0 Å². The van der Waals surface area contributed by atoms with Crippen molar-refractivity contribution in [2.75, 3.05) is 18.6 Å². The summed E-state index contributed by atoms with van der Waals surface area (Å²) in [6.45, 7) is 6.11. The number of nitrogens with one attached hydrogen (secondary N) is 1. The van der Waals surface area contributed by atoms with Crippen LogP contribution in [0.3, 0.4) is 0 Å². The Kier molecular flexibility index (Phi) is 5.46. The topological polar surface area (TPSA) is 85.6 Å². The summed E-state index contributed by atoms with van der Waals surface area (Å²) >= 11 is 9.27. The molecule has 0 unspecified atom stereocenters. The molecular weight excluding hydrogens is 439 g/mol. The molecule has 2 aromatic heterocycles. The fraction of sp³-hybridized carbons (Fsp3) is 0.250. The van der Waals surface area contributed by atoms with Crippen LogP contribution in [0.2, 0.25) is 5.28 Å². The van der Waals surface area contributed by atoms with Gasteiger partial charge in [-0.15, -0.1) is 0 Å². The SMILES string of the molecule is CCn1ncc(-c2ccc(Nc3nc(Cl)ncc3Br)c(P(C)(C)=O)c2)n1. The summed E-state index contributed by atoms with van der Waals surface area (Å²) in [6, 6.07) is 5.64. The first kappa shape index (κ1) is 19.0. The average Bonchev–Trinajstić information content (AvgIpc) is 3.06. The van der Waals surface area contributed by atoms with Crippen LogP contribution in [0.5, 0.6) is 0 Å². The molecule has 0 saturated heterocycles. The van der Waals surface area contributed by atoms with Gasteiger partial charge in [-0.05, 0) is 59.9 Å². The van der Waals surface area contributed by atoms with Crippen LogP contribution in [0.25, 0.3) is 11.3 Å². The monoisotopic (exact) mass is 454 g/mol. The summed E-state index contributed by atoms with van der Waals surface area (Å²) in [4.78, 5) is 9.69. The minimum Gasteiger partial charge on any atom is -0.339 e. The molecule has 26 heavy (non-hydrogen) atoms. The molecule has 0 radical (unpaired) electrons. The number of anilines is 2. The van der Waals surface area contributed by atoms with E-state index in [1.54, 1.807) is 30.5 Å². The van der Waals surface area contributed by atoms with Gasteiger partial charge in [-0.25, -0.2) is 4.98 Å².